The van der Waals surface area contributed by atoms with E-state index in [0.717, 1.165) is 16.4 Å². The molecule has 3 unspecified atom stereocenters. The van der Waals surface area contributed by atoms with Crippen molar-refractivity contribution < 1.29 is 49.4 Å². The molecule has 3 rings (SSSR count). The highest BCUT2D eigenvalue weighted by molar-refractivity contribution is 7.92. The van der Waals surface area contributed by atoms with Crippen molar-refractivity contribution in [3.8, 4) is 5.75 Å². The summed E-state index contributed by atoms with van der Waals surface area (Å²) in [5.41, 5.74) is -3.13. The summed E-state index contributed by atoms with van der Waals surface area (Å²) in [7, 11) is -4.61. The molecule has 39 heavy (non-hydrogen) atoms. The Morgan fingerprint density at radius 3 is 2.28 bits per heavy atom. The largest absolute Gasteiger partial charge is 0.484 e. The van der Waals surface area contributed by atoms with E-state index in [4.69, 9.17) is 4.74 Å². The van der Waals surface area contributed by atoms with Gasteiger partial charge in [0.15, 0.2) is 11.6 Å². The van der Waals surface area contributed by atoms with E-state index in [-0.39, 0.29) is 17.1 Å². The maximum Gasteiger partial charge on any atom is 0.427 e. The highest BCUT2D eigenvalue weighted by atomic mass is 32.2. The molecule has 0 spiro atoms. The summed E-state index contributed by atoms with van der Waals surface area (Å²) in [6, 6.07) is 3.84. The Labute approximate surface area is 221 Å². The van der Waals surface area contributed by atoms with Crippen molar-refractivity contribution >= 4 is 33.4 Å². The zero-order valence-corrected chi connectivity index (χ0v) is 22.2. The van der Waals surface area contributed by atoms with Crippen LogP contribution in [0.15, 0.2) is 41.3 Å². The van der Waals surface area contributed by atoms with Gasteiger partial charge in [0.05, 0.1) is 22.7 Å². The van der Waals surface area contributed by atoms with Gasteiger partial charge in [0.1, 0.15) is 11.9 Å². The lowest BCUT2D eigenvalue weighted by molar-refractivity contribution is -0.242. The summed E-state index contributed by atoms with van der Waals surface area (Å²) in [5.74, 6) is -3.13. The first-order chi connectivity index (χ1) is 17.8. The predicted molar refractivity (Wildman–Crippen MR) is 130 cm³/mol. The number of carbonyl (C=O) groups is 2. The molecule has 15 heteroatoms. The molecule has 0 saturated carbocycles. The molecular weight excluding hydrogens is 553 g/mol. The molecule has 2 aromatic rings. The van der Waals surface area contributed by atoms with Gasteiger partial charge < -0.3 is 14.8 Å². The van der Waals surface area contributed by atoms with E-state index in [0.29, 0.717) is 26.0 Å². The van der Waals surface area contributed by atoms with Gasteiger partial charge in [-0.2, -0.15) is 13.2 Å². The minimum Gasteiger partial charge on any atom is -0.484 e. The number of hydrogen-bond acceptors (Lipinski definition) is 6. The first-order valence-electron chi connectivity index (χ1n) is 11.5. The summed E-state index contributed by atoms with van der Waals surface area (Å²) in [5, 5.41) is 4.73. The van der Waals surface area contributed by atoms with Crippen LogP contribution in [0.5, 0.6) is 5.75 Å². The Kier molecular flexibility index (Phi) is 8.06. The number of ether oxygens (including phenoxy) is 2. The van der Waals surface area contributed by atoms with Crippen molar-refractivity contribution in [3.05, 3.63) is 48.0 Å². The Balaban J connectivity index is 2.07. The standard InChI is InChI=1S/C24H26F5N3O6S/c1-12(30-14(3)33)21-13(2)32(39(35,36)16-7-8-17(25)18(26)11-16)19-10-15(6-9-20(19)37-21)31-22(34)38-23(4,5)24(27,28)29/h6-13,21H,1-5H3,(H,30,33)(H,31,34). The number of alkyl halides is 3. The molecule has 1 aliphatic rings. The number of carbonyl (C=O) groups excluding carboxylic acids is 2. The zero-order chi connectivity index (χ0) is 29.5. The highest BCUT2D eigenvalue weighted by Gasteiger charge is 2.51. The zero-order valence-electron chi connectivity index (χ0n) is 21.4. The lowest BCUT2D eigenvalue weighted by Crippen LogP contribution is -2.58. The first-order valence-corrected chi connectivity index (χ1v) is 12.9. The summed E-state index contributed by atoms with van der Waals surface area (Å²) in [6.45, 7) is 5.58. The quantitative estimate of drug-likeness (QED) is 0.479. The van der Waals surface area contributed by atoms with Crippen LogP contribution in [0, 0.1) is 11.6 Å². The average molecular weight is 580 g/mol. The molecule has 1 aliphatic heterocycles. The lowest BCUT2D eigenvalue weighted by Gasteiger charge is -2.43. The predicted octanol–water partition coefficient (Wildman–Crippen LogP) is 4.72. The molecule has 0 bridgehead atoms. The maximum absolute atomic E-state index is 14.0. The van der Waals surface area contributed by atoms with Crippen LogP contribution in [0.2, 0.25) is 0 Å². The van der Waals surface area contributed by atoms with Gasteiger partial charge in [-0.05, 0) is 64.1 Å². The average Bonchev–Trinajstić information content (AvgIpc) is 2.78. The van der Waals surface area contributed by atoms with Gasteiger partial charge in [0.25, 0.3) is 10.0 Å². The smallest absolute Gasteiger partial charge is 0.427 e. The van der Waals surface area contributed by atoms with Gasteiger partial charge in [0, 0.05) is 12.6 Å². The van der Waals surface area contributed by atoms with Crippen molar-refractivity contribution in [2.75, 3.05) is 9.62 Å². The van der Waals surface area contributed by atoms with Crippen LogP contribution >= 0.6 is 0 Å². The fraction of sp³-hybridized carbons (Fsp3) is 0.417. The number of nitrogens with zero attached hydrogens (tertiary/aromatic N) is 1. The molecule has 0 aliphatic carbocycles. The summed E-state index contributed by atoms with van der Waals surface area (Å²) in [6.07, 6.45) is -7.29. The van der Waals surface area contributed by atoms with Crippen molar-refractivity contribution in [2.24, 2.45) is 0 Å². The topological polar surface area (TPSA) is 114 Å². The highest BCUT2D eigenvalue weighted by Crippen LogP contribution is 2.42. The van der Waals surface area contributed by atoms with Crippen LogP contribution in [0.1, 0.15) is 34.6 Å². The van der Waals surface area contributed by atoms with Crippen LogP contribution in [-0.2, 0) is 19.6 Å². The number of sulfonamides is 1. The molecule has 0 radical (unpaired) electrons. The minimum atomic E-state index is -4.86. The van der Waals surface area contributed by atoms with Crippen LogP contribution in [0.3, 0.4) is 0 Å². The van der Waals surface area contributed by atoms with E-state index >= 15 is 0 Å². The molecule has 0 aromatic heterocycles. The molecule has 214 valence electrons. The number of anilines is 2. The van der Waals surface area contributed by atoms with Gasteiger partial charge in [-0.15, -0.1) is 0 Å². The van der Waals surface area contributed by atoms with Crippen LogP contribution in [0.4, 0.5) is 38.1 Å². The van der Waals surface area contributed by atoms with Gasteiger partial charge in [-0.25, -0.2) is 22.0 Å². The Morgan fingerprint density at radius 2 is 1.72 bits per heavy atom. The normalized spacial score (nSPS) is 18.5. The molecule has 2 aromatic carbocycles. The van der Waals surface area contributed by atoms with Crippen molar-refractivity contribution in [1.82, 2.24) is 5.32 Å². The molecule has 0 saturated heterocycles. The van der Waals surface area contributed by atoms with Gasteiger partial charge >= 0.3 is 12.3 Å². The van der Waals surface area contributed by atoms with E-state index in [9.17, 15) is 40.0 Å². The van der Waals surface area contributed by atoms with Crippen molar-refractivity contribution in [3.63, 3.8) is 0 Å². The number of nitrogens with one attached hydrogen (secondary N) is 2. The van der Waals surface area contributed by atoms with Crippen LogP contribution in [-0.4, -0.2) is 50.4 Å². The number of fused-ring (bicyclic) bond motifs is 1. The van der Waals surface area contributed by atoms with E-state index in [1.54, 1.807) is 6.92 Å². The molecule has 9 nitrogen and oxygen atoms in total. The Bertz CT molecular complexity index is 1380. The Morgan fingerprint density at radius 1 is 1.08 bits per heavy atom. The minimum absolute atomic E-state index is 0.0315. The van der Waals surface area contributed by atoms with Crippen LogP contribution in [0.25, 0.3) is 0 Å². The molecule has 1 heterocycles. The third-order valence-corrected chi connectivity index (χ3v) is 7.85. The fourth-order valence-electron chi connectivity index (χ4n) is 3.92. The second-order valence-electron chi connectivity index (χ2n) is 9.39. The number of amides is 2. The van der Waals surface area contributed by atoms with E-state index < -0.39 is 68.5 Å². The molecule has 0 fully saturated rings. The summed E-state index contributed by atoms with van der Waals surface area (Å²) >= 11 is 0. The van der Waals surface area contributed by atoms with E-state index in [1.165, 1.54) is 26.0 Å². The van der Waals surface area contributed by atoms with Crippen LogP contribution < -0.4 is 19.7 Å². The monoisotopic (exact) mass is 579 g/mol. The first kappa shape index (κ1) is 29.9. The number of halogens is 5. The number of benzene rings is 2. The van der Waals surface area contributed by atoms with Crippen molar-refractivity contribution in [1.29, 1.82) is 0 Å². The molecule has 2 N–H and O–H groups in total. The van der Waals surface area contributed by atoms with Gasteiger partial charge in [-0.3, -0.25) is 14.4 Å². The number of hydrogen-bond donors (Lipinski definition) is 2. The lowest BCUT2D eigenvalue weighted by atomic mass is 10.0. The van der Waals surface area contributed by atoms with Gasteiger partial charge in [-0.1, -0.05) is 0 Å². The second kappa shape index (κ2) is 10.5. The summed E-state index contributed by atoms with van der Waals surface area (Å²) < 4.78 is 106. The molecule has 2 amide bonds. The van der Waals surface area contributed by atoms with Gasteiger partial charge in [0.2, 0.25) is 11.5 Å². The maximum atomic E-state index is 14.0. The molecular formula is C24H26F5N3O6S. The van der Waals surface area contributed by atoms with E-state index in [1.807, 2.05) is 0 Å². The summed E-state index contributed by atoms with van der Waals surface area (Å²) in [4.78, 5) is 23.2. The van der Waals surface area contributed by atoms with Crippen molar-refractivity contribution in [2.45, 2.75) is 69.5 Å². The third kappa shape index (κ3) is 6.18. The Hall–Kier alpha value is -3.62. The second-order valence-corrected chi connectivity index (χ2v) is 11.2. The van der Waals surface area contributed by atoms with E-state index in [2.05, 4.69) is 15.4 Å². The number of rotatable bonds is 6. The molecule has 3 atom stereocenters. The SMILES string of the molecule is CC(=O)NC(C)C1Oc2ccc(NC(=O)OC(C)(C)C(F)(F)F)cc2N(S(=O)(=O)c2ccc(F)c(F)c2)C1C. The fourth-order valence-corrected chi connectivity index (χ4v) is 5.60. The third-order valence-electron chi connectivity index (χ3n) is 5.95.